The molecule has 0 aliphatic carbocycles. The van der Waals surface area contributed by atoms with Gasteiger partial charge in [-0.1, -0.05) is 12.1 Å². The van der Waals surface area contributed by atoms with Gasteiger partial charge in [-0.15, -0.1) is 11.8 Å². The average Bonchev–Trinajstić information content (AvgIpc) is 2.70. The first kappa shape index (κ1) is 13.5. The van der Waals surface area contributed by atoms with Gasteiger partial charge in [0.25, 0.3) is 0 Å². The van der Waals surface area contributed by atoms with Gasteiger partial charge in [-0.25, -0.2) is 0 Å². The van der Waals surface area contributed by atoms with Crippen LogP contribution in [0.15, 0.2) is 29.2 Å². The standard InChI is InChI=1S/C16H24N2S/c1-11(12-3-7-16(19-2)8-4-12)18-14-5-6-15(18)10-13(17)9-14/h3-4,7-8,11,13-15H,5-6,9-10,17H2,1-2H3. The van der Waals surface area contributed by atoms with E-state index in [1.165, 1.54) is 36.1 Å². The molecule has 0 amide bonds. The van der Waals surface area contributed by atoms with Crippen molar-refractivity contribution >= 4 is 11.8 Å². The molecule has 104 valence electrons. The molecule has 2 heterocycles. The SMILES string of the molecule is CSc1ccc(C(C)N2C3CCC2CC(N)C3)cc1. The Morgan fingerprint density at radius 2 is 1.74 bits per heavy atom. The van der Waals surface area contributed by atoms with Gasteiger partial charge < -0.3 is 5.73 Å². The lowest BCUT2D eigenvalue weighted by atomic mass is 9.94. The molecule has 2 saturated heterocycles. The number of rotatable bonds is 3. The molecule has 2 aliphatic heterocycles. The average molecular weight is 276 g/mol. The molecule has 2 nitrogen and oxygen atoms in total. The van der Waals surface area contributed by atoms with Gasteiger partial charge in [-0.05, 0) is 56.6 Å². The Kier molecular flexibility index (Phi) is 3.88. The summed E-state index contributed by atoms with van der Waals surface area (Å²) >= 11 is 1.81. The van der Waals surface area contributed by atoms with Crippen LogP contribution in [0.3, 0.4) is 0 Å². The van der Waals surface area contributed by atoms with Crippen LogP contribution < -0.4 is 5.73 Å². The zero-order valence-electron chi connectivity index (χ0n) is 11.9. The summed E-state index contributed by atoms with van der Waals surface area (Å²) in [6, 6.07) is 11.5. The Balaban J connectivity index is 1.78. The van der Waals surface area contributed by atoms with Crippen LogP contribution >= 0.6 is 11.8 Å². The fourth-order valence-electron chi connectivity index (χ4n) is 3.94. The Labute approximate surface area is 120 Å². The van der Waals surface area contributed by atoms with E-state index >= 15 is 0 Å². The first-order valence-corrected chi connectivity index (χ1v) is 8.58. The summed E-state index contributed by atoms with van der Waals surface area (Å²) in [6.07, 6.45) is 7.18. The minimum absolute atomic E-state index is 0.430. The monoisotopic (exact) mass is 276 g/mol. The molecule has 0 saturated carbocycles. The summed E-state index contributed by atoms with van der Waals surface area (Å²) in [5.74, 6) is 0. The van der Waals surface area contributed by atoms with Gasteiger partial charge in [0.05, 0.1) is 0 Å². The predicted molar refractivity (Wildman–Crippen MR) is 82.5 cm³/mol. The van der Waals surface area contributed by atoms with Crippen molar-refractivity contribution < 1.29 is 0 Å². The quantitative estimate of drug-likeness (QED) is 0.858. The van der Waals surface area contributed by atoms with Crippen LogP contribution in [-0.2, 0) is 0 Å². The second-order valence-corrected chi connectivity index (χ2v) is 6.89. The molecule has 2 aliphatic rings. The largest absolute Gasteiger partial charge is 0.328 e. The minimum Gasteiger partial charge on any atom is -0.328 e. The van der Waals surface area contributed by atoms with E-state index in [0.29, 0.717) is 24.2 Å². The minimum atomic E-state index is 0.430. The number of piperidine rings is 1. The van der Waals surface area contributed by atoms with Crippen molar-refractivity contribution in [1.29, 1.82) is 0 Å². The first-order chi connectivity index (χ1) is 9.19. The van der Waals surface area contributed by atoms with E-state index in [2.05, 4.69) is 42.3 Å². The molecule has 3 heteroatoms. The number of hydrogen-bond donors (Lipinski definition) is 1. The van der Waals surface area contributed by atoms with Gasteiger partial charge >= 0.3 is 0 Å². The maximum atomic E-state index is 6.17. The maximum absolute atomic E-state index is 6.17. The molecular weight excluding hydrogens is 252 g/mol. The molecule has 0 radical (unpaired) electrons. The zero-order chi connectivity index (χ0) is 13.4. The summed E-state index contributed by atoms with van der Waals surface area (Å²) in [5.41, 5.74) is 7.61. The molecular formula is C16H24N2S. The molecule has 19 heavy (non-hydrogen) atoms. The van der Waals surface area contributed by atoms with Crippen LogP contribution in [0, 0.1) is 0 Å². The Bertz CT molecular complexity index is 417. The third-order valence-corrected chi connectivity index (χ3v) is 5.62. The molecule has 2 bridgehead atoms. The second kappa shape index (κ2) is 5.47. The third kappa shape index (κ3) is 2.56. The van der Waals surface area contributed by atoms with Gasteiger partial charge in [-0.2, -0.15) is 0 Å². The van der Waals surface area contributed by atoms with Gasteiger partial charge in [0.2, 0.25) is 0 Å². The Morgan fingerprint density at radius 3 is 2.26 bits per heavy atom. The molecule has 2 N–H and O–H groups in total. The Morgan fingerprint density at radius 1 is 1.16 bits per heavy atom. The molecule has 0 aromatic heterocycles. The lowest BCUT2D eigenvalue weighted by Crippen LogP contribution is -2.48. The van der Waals surface area contributed by atoms with Crippen molar-refractivity contribution in [2.24, 2.45) is 5.73 Å². The highest BCUT2D eigenvalue weighted by atomic mass is 32.2. The van der Waals surface area contributed by atoms with Crippen LogP contribution in [-0.4, -0.2) is 29.3 Å². The maximum Gasteiger partial charge on any atom is 0.0325 e. The van der Waals surface area contributed by atoms with Crippen LogP contribution in [0.4, 0.5) is 0 Å². The summed E-state index contributed by atoms with van der Waals surface area (Å²) in [7, 11) is 0. The highest BCUT2D eigenvalue weighted by Crippen LogP contribution is 2.41. The summed E-state index contributed by atoms with van der Waals surface area (Å²) in [6.45, 7) is 2.36. The lowest BCUT2D eigenvalue weighted by molar-refractivity contribution is 0.0854. The number of nitrogens with two attached hydrogens (primary N) is 1. The van der Waals surface area contributed by atoms with E-state index in [4.69, 9.17) is 5.73 Å². The highest BCUT2D eigenvalue weighted by Gasteiger charge is 2.41. The number of thioether (sulfide) groups is 1. The van der Waals surface area contributed by atoms with E-state index in [9.17, 15) is 0 Å². The van der Waals surface area contributed by atoms with Crippen molar-refractivity contribution in [1.82, 2.24) is 4.90 Å². The highest BCUT2D eigenvalue weighted by molar-refractivity contribution is 7.98. The number of hydrogen-bond acceptors (Lipinski definition) is 3. The summed E-state index contributed by atoms with van der Waals surface area (Å²) in [4.78, 5) is 4.08. The van der Waals surface area contributed by atoms with Crippen LogP contribution in [0.5, 0.6) is 0 Å². The van der Waals surface area contributed by atoms with Gasteiger partial charge in [0, 0.05) is 29.1 Å². The predicted octanol–water partition coefficient (Wildman–Crippen LogP) is 3.42. The van der Waals surface area contributed by atoms with E-state index < -0.39 is 0 Å². The molecule has 3 rings (SSSR count). The van der Waals surface area contributed by atoms with Crippen LogP contribution in [0.25, 0.3) is 0 Å². The molecule has 2 fully saturated rings. The van der Waals surface area contributed by atoms with Gasteiger partial charge in [-0.3, -0.25) is 4.90 Å². The lowest BCUT2D eigenvalue weighted by Gasteiger charge is -2.41. The number of fused-ring (bicyclic) bond motifs is 2. The second-order valence-electron chi connectivity index (χ2n) is 6.01. The van der Waals surface area contributed by atoms with Crippen molar-refractivity contribution in [2.75, 3.05) is 6.26 Å². The van der Waals surface area contributed by atoms with Crippen LogP contribution in [0.1, 0.15) is 44.2 Å². The topological polar surface area (TPSA) is 29.3 Å². The molecule has 3 unspecified atom stereocenters. The van der Waals surface area contributed by atoms with Crippen molar-refractivity contribution in [3.05, 3.63) is 29.8 Å². The Hall–Kier alpha value is -0.510. The first-order valence-electron chi connectivity index (χ1n) is 7.36. The third-order valence-electron chi connectivity index (χ3n) is 4.87. The van der Waals surface area contributed by atoms with Gasteiger partial charge in [0.1, 0.15) is 0 Å². The van der Waals surface area contributed by atoms with Crippen LogP contribution in [0.2, 0.25) is 0 Å². The van der Waals surface area contributed by atoms with E-state index in [1.54, 1.807) is 0 Å². The van der Waals surface area contributed by atoms with E-state index in [1.807, 2.05) is 11.8 Å². The van der Waals surface area contributed by atoms with E-state index in [0.717, 1.165) is 0 Å². The van der Waals surface area contributed by atoms with Gasteiger partial charge in [0.15, 0.2) is 0 Å². The van der Waals surface area contributed by atoms with Crippen molar-refractivity contribution in [2.45, 2.75) is 61.7 Å². The van der Waals surface area contributed by atoms with E-state index in [-0.39, 0.29) is 0 Å². The zero-order valence-corrected chi connectivity index (χ0v) is 12.7. The normalized spacial score (nSPS) is 32.5. The van der Waals surface area contributed by atoms with Crippen molar-refractivity contribution in [3.8, 4) is 0 Å². The molecule has 3 atom stereocenters. The molecule has 1 aromatic carbocycles. The summed E-state index contributed by atoms with van der Waals surface area (Å²) < 4.78 is 0. The smallest absolute Gasteiger partial charge is 0.0325 e. The summed E-state index contributed by atoms with van der Waals surface area (Å²) in [5, 5.41) is 0. The fourth-order valence-corrected chi connectivity index (χ4v) is 4.35. The fraction of sp³-hybridized carbons (Fsp3) is 0.625. The number of benzene rings is 1. The molecule has 0 spiro atoms. The van der Waals surface area contributed by atoms with Crippen molar-refractivity contribution in [3.63, 3.8) is 0 Å². The molecule has 1 aromatic rings. The number of nitrogens with zero attached hydrogens (tertiary/aromatic N) is 1.